The number of hydrogen-bond donors (Lipinski definition) is 2. The highest BCUT2D eigenvalue weighted by molar-refractivity contribution is 5.97. The number of carboxylic acid groups (broad SMARTS) is 1. The number of hydrogen-bond acceptors (Lipinski definition) is 9. The lowest BCUT2D eigenvalue weighted by atomic mass is 9.54. The zero-order valence-electron chi connectivity index (χ0n) is 29.0. The van der Waals surface area contributed by atoms with Gasteiger partial charge in [-0.2, -0.15) is 0 Å². The molecule has 0 radical (unpaired) electrons. The number of fused-ring (bicyclic) bond motifs is 6. The van der Waals surface area contributed by atoms with Crippen molar-refractivity contribution in [3.05, 3.63) is 0 Å². The summed E-state index contributed by atoms with van der Waals surface area (Å²) in [5.74, 6) is -5.38. The van der Waals surface area contributed by atoms with Crippen LogP contribution in [0.15, 0.2) is 0 Å². The first-order valence-electron chi connectivity index (χ1n) is 18.7. The van der Waals surface area contributed by atoms with E-state index < -0.39 is 53.1 Å². The van der Waals surface area contributed by atoms with Gasteiger partial charge in [0, 0.05) is 6.61 Å². The van der Waals surface area contributed by atoms with Gasteiger partial charge in [0.1, 0.15) is 5.60 Å². The Morgan fingerprint density at radius 1 is 0.750 bits per heavy atom. The molecule has 0 aromatic carbocycles. The summed E-state index contributed by atoms with van der Waals surface area (Å²) in [6.45, 7) is 10.1. The first-order chi connectivity index (χ1) is 22.7. The summed E-state index contributed by atoms with van der Waals surface area (Å²) in [6, 6.07) is 0. The average molecular weight is 671 g/mol. The van der Waals surface area contributed by atoms with Gasteiger partial charge < -0.3 is 24.4 Å². The van der Waals surface area contributed by atoms with E-state index >= 15 is 0 Å². The molecule has 17 unspecified atom stereocenters. The number of aliphatic carboxylic acids is 1. The third-order valence-corrected chi connectivity index (χ3v) is 14.6. The Labute approximate surface area is 283 Å². The number of ether oxygens (including phenoxy) is 3. The number of cyclic esters (lactones) is 2. The van der Waals surface area contributed by atoms with Gasteiger partial charge in [0.2, 0.25) is 0 Å². The average Bonchev–Trinajstić information content (AvgIpc) is 3.86. The van der Waals surface area contributed by atoms with Crippen molar-refractivity contribution in [2.75, 3.05) is 13.2 Å². The van der Waals surface area contributed by atoms with E-state index in [1.807, 2.05) is 20.8 Å². The summed E-state index contributed by atoms with van der Waals surface area (Å²) in [5.41, 5.74) is -0.660. The van der Waals surface area contributed by atoms with E-state index in [1.165, 1.54) is 0 Å². The molecule has 6 bridgehead atoms. The Bertz CT molecular complexity index is 1330. The maximum atomic E-state index is 14.0. The van der Waals surface area contributed by atoms with Gasteiger partial charge in [-0.05, 0) is 143 Å². The second-order valence-electron chi connectivity index (χ2n) is 17.7. The van der Waals surface area contributed by atoms with Gasteiger partial charge in [0.25, 0.3) is 0 Å². The SMILES string of the molecule is CC1C2CCC(C2)C1C1C(=O)OC(=O)C1C1C2CC(CC2C(=O)OC(C)(C)C)C1C1C(C)C2CC1C(C(=O)O)C2C(=O)OCCCCO. The standard InChI is InChI=1S/C38H54O10/c1-16-18-8-9-19(12-18)25(16)31-32(37(45)47-36(31)44)28-22-13-20(14-23(22)34(42)48-38(3,4)5)27(28)26-17(2)21-15-24(26)29(33(40)41)30(21)35(43)46-11-7-6-10-39/h16-32,39H,6-15H2,1-5H3,(H,40,41). The molecule has 10 heteroatoms. The normalized spacial score (nSPS) is 47.2. The van der Waals surface area contributed by atoms with Gasteiger partial charge in [-0.15, -0.1) is 0 Å². The number of unbranched alkanes of at least 4 members (excludes halogenated alkanes) is 1. The summed E-state index contributed by atoms with van der Waals surface area (Å²) in [6.07, 6.45) is 6.30. The second-order valence-corrected chi connectivity index (χ2v) is 17.7. The van der Waals surface area contributed by atoms with Crippen LogP contribution in [0, 0.1) is 101 Å². The van der Waals surface area contributed by atoms with Gasteiger partial charge >= 0.3 is 29.8 Å². The van der Waals surface area contributed by atoms with Crippen LogP contribution in [0.3, 0.4) is 0 Å². The molecule has 0 aromatic heterocycles. The Morgan fingerprint density at radius 2 is 1.44 bits per heavy atom. The van der Waals surface area contributed by atoms with E-state index in [2.05, 4.69) is 13.8 Å². The van der Waals surface area contributed by atoms with Crippen molar-refractivity contribution in [3.63, 3.8) is 0 Å². The molecule has 7 fully saturated rings. The van der Waals surface area contributed by atoms with E-state index in [-0.39, 0.29) is 78.4 Å². The minimum absolute atomic E-state index is 0.00350. The quantitative estimate of drug-likeness (QED) is 0.144. The van der Waals surface area contributed by atoms with Crippen LogP contribution in [0.25, 0.3) is 0 Å². The first-order valence-corrected chi connectivity index (χ1v) is 18.7. The molecular weight excluding hydrogens is 616 g/mol. The maximum absolute atomic E-state index is 14.0. The summed E-state index contributed by atoms with van der Waals surface area (Å²) < 4.78 is 17.0. The number of aliphatic hydroxyl groups excluding tert-OH is 1. The van der Waals surface area contributed by atoms with E-state index in [1.54, 1.807) is 0 Å². The van der Waals surface area contributed by atoms with Crippen molar-refractivity contribution in [3.8, 4) is 0 Å². The lowest BCUT2D eigenvalue weighted by Crippen LogP contribution is -2.51. The second kappa shape index (κ2) is 12.4. The van der Waals surface area contributed by atoms with Crippen LogP contribution in [0.4, 0.5) is 0 Å². The predicted molar refractivity (Wildman–Crippen MR) is 170 cm³/mol. The van der Waals surface area contributed by atoms with E-state index in [0.717, 1.165) is 25.7 Å². The summed E-state index contributed by atoms with van der Waals surface area (Å²) in [4.78, 5) is 67.7. The highest BCUT2D eigenvalue weighted by Crippen LogP contribution is 2.70. The number of carboxylic acids is 1. The topological polar surface area (TPSA) is 154 Å². The molecule has 2 N–H and O–H groups in total. The molecule has 7 rings (SSSR count). The van der Waals surface area contributed by atoms with Crippen LogP contribution < -0.4 is 0 Å². The zero-order chi connectivity index (χ0) is 34.4. The fourth-order valence-electron chi connectivity index (χ4n) is 13.3. The van der Waals surface area contributed by atoms with Crippen molar-refractivity contribution in [1.82, 2.24) is 0 Å². The number of carbonyl (C=O) groups is 5. The number of aliphatic hydroxyl groups is 1. The molecule has 17 atom stereocenters. The fraction of sp³-hybridized carbons (Fsp3) is 0.868. The van der Waals surface area contributed by atoms with Crippen LogP contribution in [0.5, 0.6) is 0 Å². The third-order valence-electron chi connectivity index (χ3n) is 14.6. The highest BCUT2D eigenvalue weighted by atomic mass is 16.6. The lowest BCUT2D eigenvalue weighted by Gasteiger charge is -2.48. The Balaban J connectivity index is 1.23. The maximum Gasteiger partial charge on any atom is 0.317 e. The smallest absolute Gasteiger partial charge is 0.317 e. The van der Waals surface area contributed by atoms with Crippen LogP contribution in [0.2, 0.25) is 0 Å². The molecule has 266 valence electrons. The van der Waals surface area contributed by atoms with Gasteiger partial charge in [0.15, 0.2) is 0 Å². The monoisotopic (exact) mass is 670 g/mol. The number of esters is 4. The Morgan fingerprint density at radius 3 is 2.06 bits per heavy atom. The van der Waals surface area contributed by atoms with Crippen molar-refractivity contribution in [2.45, 2.75) is 91.6 Å². The Kier molecular flexibility index (Phi) is 8.76. The van der Waals surface area contributed by atoms with Crippen LogP contribution in [-0.4, -0.2) is 58.9 Å². The molecule has 1 aliphatic heterocycles. The Hall–Kier alpha value is -2.49. The molecule has 6 aliphatic carbocycles. The summed E-state index contributed by atoms with van der Waals surface area (Å²) >= 11 is 0. The molecule has 0 amide bonds. The molecule has 0 spiro atoms. The van der Waals surface area contributed by atoms with Gasteiger partial charge in [-0.1, -0.05) is 13.8 Å². The van der Waals surface area contributed by atoms with E-state index in [0.29, 0.717) is 43.4 Å². The fourth-order valence-corrected chi connectivity index (χ4v) is 13.3. The van der Waals surface area contributed by atoms with Crippen LogP contribution in [0.1, 0.15) is 86.0 Å². The van der Waals surface area contributed by atoms with Gasteiger partial charge in [-0.3, -0.25) is 24.0 Å². The largest absolute Gasteiger partial charge is 0.481 e. The molecular formula is C38H54O10. The lowest BCUT2D eigenvalue weighted by molar-refractivity contribution is -0.169. The summed E-state index contributed by atoms with van der Waals surface area (Å²) in [5, 5.41) is 19.7. The first kappa shape index (κ1) is 34.0. The molecule has 0 aromatic rings. The van der Waals surface area contributed by atoms with Crippen LogP contribution in [-0.2, 0) is 38.2 Å². The molecule has 48 heavy (non-hydrogen) atoms. The van der Waals surface area contributed by atoms with Gasteiger partial charge in [-0.25, -0.2) is 0 Å². The van der Waals surface area contributed by atoms with E-state index in [9.17, 15) is 29.1 Å². The van der Waals surface area contributed by atoms with Crippen molar-refractivity contribution < 1.29 is 48.4 Å². The van der Waals surface area contributed by atoms with Gasteiger partial charge in [0.05, 0.1) is 36.2 Å². The van der Waals surface area contributed by atoms with Crippen molar-refractivity contribution in [1.29, 1.82) is 0 Å². The number of carbonyl (C=O) groups excluding carboxylic acids is 4. The third kappa shape index (κ3) is 5.33. The molecule has 7 aliphatic rings. The zero-order valence-corrected chi connectivity index (χ0v) is 29.0. The highest BCUT2D eigenvalue weighted by Gasteiger charge is 2.71. The minimum atomic E-state index is -0.993. The van der Waals surface area contributed by atoms with Crippen LogP contribution >= 0.6 is 0 Å². The van der Waals surface area contributed by atoms with Crippen molar-refractivity contribution in [2.24, 2.45) is 101 Å². The molecule has 1 heterocycles. The minimum Gasteiger partial charge on any atom is -0.481 e. The molecule has 6 saturated carbocycles. The van der Waals surface area contributed by atoms with Crippen molar-refractivity contribution >= 4 is 29.8 Å². The molecule has 1 saturated heterocycles. The summed E-state index contributed by atoms with van der Waals surface area (Å²) in [7, 11) is 0. The number of rotatable bonds is 10. The molecule has 10 nitrogen and oxygen atoms in total. The van der Waals surface area contributed by atoms with E-state index in [4.69, 9.17) is 19.3 Å². The predicted octanol–water partition coefficient (Wildman–Crippen LogP) is 4.75.